The fourth-order valence-corrected chi connectivity index (χ4v) is 3.52. The van der Waals surface area contributed by atoms with E-state index in [2.05, 4.69) is 0 Å². The highest BCUT2D eigenvalue weighted by molar-refractivity contribution is 5.87. The molecule has 1 aliphatic carbocycles. The van der Waals surface area contributed by atoms with Crippen molar-refractivity contribution in [2.45, 2.75) is 19.1 Å². The number of rotatable bonds is 3. The minimum absolute atomic E-state index is 0.0940. The first kappa shape index (κ1) is 13.4. The molecule has 1 heterocycles. The molecular formula is C14H15F3N2O. The summed E-state index contributed by atoms with van der Waals surface area (Å²) in [5, 5.41) is 0. The van der Waals surface area contributed by atoms with E-state index in [9.17, 15) is 18.0 Å². The maximum absolute atomic E-state index is 13.3. The summed E-state index contributed by atoms with van der Waals surface area (Å²) in [5.74, 6) is -0.828. The van der Waals surface area contributed by atoms with Gasteiger partial charge in [-0.15, -0.1) is 0 Å². The van der Waals surface area contributed by atoms with E-state index in [4.69, 9.17) is 5.73 Å². The molecule has 1 saturated heterocycles. The monoisotopic (exact) mass is 284 g/mol. The third kappa shape index (κ3) is 1.67. The van der Waals surface area contributed by atoms with Crippen LogP contribution in [0.3, 0.4) is 0 Å². The Morgan fingerprint density at radius 2 is 1.90 bits per heavy atom. The van der Waals surface area contributed by atoms with Crippen LogP contribution in [0.25, 0.3) is 0 Å². The van der Waals surface area contributed by atoms with Gasteiger partial charge in [-0.25, -0.2) is 0 Å². The number of nitrogens with two attached hydrogens (primary N) is 1. The summed E-state index contributed by atoms with van der Waals surface area (Å²) in [6.07, 6.45) is -4.54. The molecular weight excluding hydrogens is 269 g/mol. The van der Waals surface area contributed by atoms with Gasteiger partial charge in [-0.3, -0.25) is 9.69 Å². The lowest BCUT2D eigenvalue weighted by Crippen LogP contribution is -2.37. The van der Waals surface area contributed by atoms with Gasteiger partial charge in [0.15, 0.2) is 0 Å². The summed E-state index contributed by atoms with van der Waals surface area (Å²) in [6, 6.07) is 9.26. The fourth-order valence-electron chi connectivity index (χ4n) is 3.52. The van der Waals surface area contributed by atoms with Crippen molar-refractivity contribution in [1.29, 1.82) is 0 Å². The quantitative estimate of drug-likeness (QED) is 0.922. The average molecular weight is 284 g/mol. The molecule has 1 aromatic carbocycles. The second-order valence-corrected chi connectivity index (χ2v) is 5.83. The van der Waals surface area contributed by atoms with Crippen LogP contribution in [0.2, 0.25) is 0 Å². The smallest absolute Gasteiger partial charge is 0.369 e. The number of carbonyl (C=O) groups excluding carboxylic acids is 1. The number of hydrogen-bond donors (Lipinski definition) is 1. The zero-order valence-electron chi connectivity index (χ0n) is 10.8. The molecule has 3 nitrogen and oxygen atoms in total. The van der Waals surface area contributed by atoms with Gasteiger partial charge in [0.25, 0.3) is 0 Å². The van der Waals surface area contributed by atoms with E-state index >= 15 is 0 Å². The summed E-state index contributed by atoms with van der Waals surface area (Å²) in [7, 11) is 0. The second-order valence-electron chi connectivity index (χ2n) is 5.83. The lowest BCUT2D eigenvalue weighted by molar-refractivity contribution is -0.194. The molecule has 1 aliphatic heterocycles. The number of amides is 1. The number of carbonyl (C=O) groups is 1. The van der Waals surface area contributed by atoms with Crippen LogP contribution in [0.15, 0.2) is 30.3 Å². The Labute approximate surface area is 114 Å². The van der Waals surface area contributed by atoms with Crippen molar-refractivity contribution < 1.29 is 18.0 Å². The number of nitrogens with zero attached hydrogens (tertiary/aromatic N) is 1. The topological polar surface area (TPSA) is 46.3 Å². The van der Waals surface area contributed by atoms with Crippen LogP contribution in [0, 0.1) is 10.8 Å². The molecule has 1 aromatic rings. The van der Waals surface area contributed by atoms with E-state index < -0.39 is 22.9 Å². The SMILES string of the molecule is NC(=O)C12CN(Cc3ccccc3)CC1(C(F)(F)F)C2. The molecule has 0 aromatic heterocycles. The fraction of sp³-hybridized carbons (Fsp3) is 0.500. The molecule has 1 amide bonds. The molecule has 0 bridgehead atoms. The number of fused-ring (bicyclic) bond motifs is 1. The Morgan fingerprint density at radius 3 is 2.40 bits per heavy atom. The highest BCUT2D eigenvalue weighted by Crippen LogP contribution is 2.74. The van der Waals surface area contributed by atoms with Gasteiger partial charge in [-0.2, -0.15) is 13.2 Å². The highest BCUT2D eigenvalue weighted by Gasteiger charge is 2.85. The molecule has 2 unspecified atom stereocenters. The summed E-state index contributed by atoms with van der Waals surface area (Å²) in [5.41, 5.74) is 2.83. The first-order valence-corrected chi connectivity index (χ1v) is 6.44. The Balaban J connectivity index is 1.82. The van der Waals surface area contributed by atoms with Crippen molar-refractivity contribution >= 4 is 5.91 Å². The normalized spacial score (nSPS) is 33.0. The van der Waals surface area contributed by atoms with E-state index in [1.807, 2.05) is 30.3 Å². The lowest BCUT2D eigenvalue weighted by atomic mass is 9.95. The molecule has 2 N–H and O–H groups in total. The maximum atomic E-state index is 13.3. The summed E-state index contributed by atoms with van der Waals surface area (Å²) < 4.78 is 39.8. The van der Waals surface area contributed by atoms with Crippen molar-refractivity contribution in [2.24, 2.45) is 16.6 Å². The molecule has 108 valence electrons. The number of likely N-dealkylation sites (tertiary alicyclic amines) is 1. The molecule has 1 saturated carbocycles. The molecule has 2 fully saturated rings. The predicted octanol–water partition coefficient (Wildman–Crippen LogP) is 1.93. The highest BCUT2D eigenvalue weighted by atomic mass is 19.4. The maximum Gasteiger partial charge on any atom is 0.396 e. The van der Waals surface area contributed by atoms with Gasteiger partial charge in [0.05, 0.1) is 10.8 Å². The van der Waals surface area contributed by atoms with E-state index in [0.717, 1.165) is 5.56 Å². The number of primary amides is 1. The standard InChI is InChI=1S/C14H15F3N2O/c15-14(16,17)13-7-12(13,11(18)20)8-19(9-13)6-10-4-2-1-3-5-10/h1-5H,6-9H2,(H2,18,20). The van der Waals surface area contributed by atoms with Gasteiger partial charge in [0.1, 0.15) is 0 Å². The zero-order valence-corrected chi connectivity index (χ0v) is 10.8. The van der Waals surface area contributed by atoms with Gasteiger partial charge < -0.3 is 5.73 Å². The molecule has 3 rings (SSSR count). The van der Waals surface area contributed by atoms with Crippen LogP contribution < -0.4 is 5.73 Å². The zero-order chi connectivity index (χ0) is 14.6. The molecule has 2 aliphatic rings. The summed E-state index contributed by atoms with van der Waals surface area (Å²) >= 11 is 0. The van der Waals surface area contributed by atoms with Crippen molar-refractivity contribution in [3.05, 3.63) is 35.9 Å². The van der Waals surface area contributed by atoms with Crippen LogP contribution >= 0.6 is 0 Å². The number of alkyl halides is 3. The van der Waals surface area contributed by atoms with Gasteiger partial charge in [-0.05, 0) is 12.0 Å². The summed E-state index contributed by atoms with van der Waals surface area (Å²) in [4.78, 5) is 13.2. The third-order valence-corrected chi connectivity index (χ3v) is 4.64. The van der Waals surface area contributed by atoms with Crippen molar-refractivity contribution in [3.8, 4) is 0 Å². The lowest BCUT2D eigenvalue weighted by Gasteiger charge is -2.22. The van der Waals surface area contributed by atoms with Crippen molar-refractivity contribution in [2.75, 3.05) is 13.1 Å². The van der Waals surface area contributed by atoms with Crippen LogP contribution in [0.5, 0.6) is 0 Å². The number of halogens is 3. The van der Waals surface area contributed by atoms with Gasteiger partial charge in [0, 0.05) is 19.6 Å². The first-order chi connectivity index (χ1) is 9.31. The van der Waals surface area contributed by atoms with Gasteiger partial charge >= 0.3 is 6.18 Å². The Morgan fingerprint density at radius 1 is 1.25 bits per heavy atom. The minimum atomic E-state index is -4.38. The van der Waals surface area contributed by atoms with Crippen LogP contribution in [-0.2, 0) is 11.3 Å². The Hall–Kier alpha value is -1.56. The molecule has 20 heavy (non-hydrogen) atoms. The Bertz CT molecular complexity index is 545. The van der Waals surface area contributed by atoms with Crippen molar-refractivity contribution in [1.82, 2.24) is 4.90 Å². The van der Waals surface area contributed by atoms with Crippen molar-refractivity contribution in [3.63, 3.8) is 0 Å². The number of hydrogen-bond acceptors (Lipinski definition) is 2. The Kier molecular flexibility index (Phi) is 2.67. The predicted molar refractivity (Wildman–Crippen MR) is 66.5 cm³/mol. The van der Waals surface area contributed by atoms with E-state index in [1.54, 1.807) is 4.90 Å². The minimum Gasteiger partial charge on any atom is -0.369 e. The van der Waals surface area contributed by atoms with Crippen LogP contribution in [-0.4, -0.2) is 30.1 Å². The number of piperidine rings is 1. The molecule has 0 radical (unpaired) electrons. The largest absolute Gasteiger partial charge is 0.396 e. The van der Waals surface area contributed by atoms with E-state index in [0.29, 0.717) is 6.54 Å². The molecule has 2 atom stereocenters. The molecule has 6 heteroatoms. The van der Waals surface area contributed by atoms with Crippen LogP contribution in [0.4, 0.5) is 13.2 Å². The number of benzene rings is 1. The molecule has 0 spiro atoms. The summed E-state index contributed by atoms with van der Waals surface area (Å²) in [6.45, 7) is 0.360. The average Bonchev–Trinajstić information content (AvgIpc) is 2.91. The van der Waals surface area contributed by atoms with Crippen LogP contribution in [0.1, 0.15) is 12.0 Å². The van der Waals surface area contributed by atoms with Gasteiger partial charge in [0.2, 0.25) is 5.91 Å². The van der Waals surface area contributed by atoms with Gasteiger partial charge in [-0.1, -0.05) is 30.3 Å². The first-order valence-electron chi connectivity index (χ1n) is 6.44. The second kappa shape index (κ2) is 3.97. The van der Waals surface area contributed by atoms with E-state index in [-0.39, 0.29) is 19.5 Å². The third-order valence-electron chi connectivity index (χ3n) is 4.64. The van der Waals surface area contributed by atoms with E-state index in [1.165, 1.54) is 0 Å².